The summed E-state index contributed by atoms with van der Waals surface area (Å²) in [5.74, 6) is 0.690. The van der Waals surface area contributed by atoms with E-state index < -0.39 is 12.4 Å². The van der Waals surface area contributed by atoms with Crippen LogP contribution < -0.4 is 10.6 Å². The van der Waals surface area contributed by atoms with E-state index in [2.05, 4.69) is 53.3 Å². The van der Waals surface area contributed by atoms with Gasteiger partial charge in [-0.3, -0.25) is 9.69 Å². The number of benzene rings is 3. The predicted octanol–water partition coefficient (Wildman–Crippen LogP) is 7.99. The molecule has 3 aromatic carbocycles. The Hall–Kier alpha value is -4.02. The van der Waals surface area contributed by atoms with Crippen molar-refractivity contribution in [2.45, 2.75) is 115 Å². The fraction of sp³-hybridized carbons (Fsp3) is 0.500. The molecule has 3 aliphatic rings. The molecule has 6 rings (SSSR count). The average Bonchev–Trinajstić information content (AvgIpc) is 3.16. The monoisotopic (exact) mass is 723 g/mol. The number of amides is 2. The van der Waals surface area contributed by atoms with Crippen molar-refractivity contribution in [1.82, 2.24) is 15.5 Å². The third-order valence-electron chi connectivity index (χ3n) is 11.0. The third kappa shape index (κ3) is 9.75. The minimum atomic E-state index is -0.642. The summed E-state index contributed by atoms with van der Waals surface area (Å²) >= 11 is 0. The summed E-state index contributed by atoms with van der Waals surface area (Å²) < 4.78 is 18.9. The van der Waals surface area contributed by atoms with Crippen molar-refractivity contribution in [2.75, 3.05) is 13.2 Å². The Morgan fingerprint density at radius 2 is 1.66 bits per heavy atom. The first-order chi connectivity index (χ1) is 25.5. The van der Waals surface area contributed by atoms with Crippen molar-refractivity contribution in [3.05, 3.63) is 108 Å². The molecule has 1 aliphatic carbocycles. The van der Waals surface area contributed by atoms with Gasteiger partial charge in [-0.1, -0.05) is 93.1 Å². The van der Waals surface area contributed by atoms with Crippen LogP contribution >= 0.6 is 0 Å². The molecule has 0 spiro atoms. The number of carbonyl (C=O) groups excluding carboxylic acids is 2. The summed E-state index contributed by atoms with van der Waals surface area (Å²) in [4.78, 5) is 28.4. The van der Waals surface area contributed by atoms with Gasteiger partial charge in [0, 0.05) is 36.2 Å². The number of aliphatic hydroxyl groups is 1. The standard InChI is InChI=1S/C44H57N3O6/c1-6-23-51-43(50)45-26-31-11-9-13-34(24-31)35-14-10-15-36(25-35)42-52-39(29(2)40(53-42)33-19-17-30(28-48)18-20-33)27-47-37-16-8-7-12-32(37)21-22-38(47)41(49)46-44(3,4)5/h6,9-11,13-15,17-20,24-25,29,32,37-40,42,48H,1,7-8,12,16,21-23,26-28H2,2-5H3,(H,45,50)(H,46,49)/t29-,32+,37+,38+,39+,40+,42+/m0/s1. The van der Waals surface area contributed by atoms with Crippen LogP contribution in [0.3, 0.4) is 0 Å². The van der Waals surface area contributed by atoms with Gasteiger partial charge in [-0.05, 0) is 92.3 Å². The van der Waals surface area contributed by atoms with Crippen molar-refractivity contribution >= 4 is 12.0 Å². The second kappa shape index (κ2) is 17.4. The molecule has 3 aromatic rings. The highest BCUT2D eigenvalue weighted by Crippen LogP contribution is 2.45. The Balaban J connectivity index is 1.29. The van der Waals surface area contributed by atoms with Crippen LogP contribution in [0, 0.1) is 11.8 Å². The van der Waals surface area contributed by atoms with Gasteiger partial charge in [-0.25, -0.2) is 4.79 Å². The van der Waals surface area contributed by atoms with Crippen molar-refractivity contribution in [1.29, 1.82) is 0 Å². The number of aliphatic hydroxyl groups excluding tert-OH is 1. The van der Waals surface area contributed by atoms with Crippen molar-refractivity contribution < 1.29 is 28.9 Å². The fourth-order valence-corrected chi connectivity index (χ4v) is 8.35. The molecule has 284 valence electrons. The Morgan fingerprint density at radius 1 is 0.925 bits per heavy atom. The van der Waals surface area contributed by atoms with Crippen LogP contribution in [0.2, 0.25) is 0 Å². The van der Waals surface area contributed by atoms with Gasteiger partial charge in [0.05, 0.1) is 24.9 Å². The van der Waals surface area contributed by atoms with Gasteiger partial charge >= 0.3 is 6.09 Å². The van der Waals surface area contributed by atoms with E-state index in [9.17, 15) is 14.7 Å². The molecule has 2 aliphatic heterocycles. The molecule has 0 bridgehead atoms. The number of hydrogen-bond acceptors (Lipinski definition) is 7. The summed E-state index contributed by atoms with van der Waals surface area (Å²) in [6, 6.07) is 24.5. The molecule has 7 atom stereocenters. The molecular formula is C44H57N3O6. The average molecular weight is 724 g/mol. The molecule has 3 fully saturated rings. The lowest BCUT2D eigenvalue weighted by molar-refractivity contribution is -0.278. The summed E-state index contributed by atoms with van der Waals surface area (Å²) in [6.45, 7) is 13.0. The van der Waals surface area contributed by atoms with E-state index in [1.807, 2.05) is 69.3 Å². The first kappa shape index (κ1) is 38.7. The highest BCUT2D eigenvalue weighted by atomic mass is 16.7. The van der Waals surface area contributed by atoms with Gasteiger partial charge in [0.25, 0.3) is 0 Å². The van der Waals surface area contributed by atoms with E-state index in [4.69, 9.17) is 14.2 Å². The lowest BCUT2D eigenvalue weighted by Gasteiger charge is -2.51. The largest absolute Gasteiger partial charge is 0.445 e. The molecule has 3 N–H and O–H groups in total. The number of nitrogens with zero attached hydrogens (tertiary/aromatic N) is 1. The maximum Gasteiger partial charge on any atom is 0.407 e. The number of ether oxygens (including phenoxy) is 3. The summed E-state index contributed by atoms with van der Waals surface area (Å²) in [6.07, 6.45) is 6.62. The van der Waals surface area contributed by atoms with Crippen LogP contribution in [0.15, 0.2) is 85.5 Å². The quantitative estimate of drug-likeness (QED) is 0.172. The number of rotatable bonds is 11. The molecule has 1 saturated carbocycles. The summed E-state index contributed by atoms with van der Waals surface area (Å²) in [7, 11) is 0. The normalized spacial score (nSPS) is 26.2. The highest BCUT2D eigenvalue weighted by Gasteiger charge is 2.46. The molecule has 53 heavy (non-hydrogen) atoms. The molecule has 2 heterocycles. The lowest BCUT2D eigenvalue weighted by Crippen LogP contribution is -2.61. The Kier molecular flexibility index (Phi) is 12.7. The molecule has 0 radical (unpaired) electrons. The van der Waals surface area contributed by atoms with Crippen molar-refractivity contribution in [2.24, 2.45) is 11.8 Å². The van der Waals surface area contributed by atoms with Gasteiger partial charge in [0.2, 0.25) is 5.91 Å². The fourth-order valence-electron chi connectivity index (χ4n) is 8.35. The number of likely N-dealkylation sites (tertiary alicyclic amines) is 1. The molecule has 2 amide bonds. The zero-order valence-corrected chi connectivity index (χ0v) is 31.8. The predicted molar refractivity (Wildman–Crippen MR) is 207 cm³/mol. The van der Waals surface area contributed by atoms with Crippen LogP contribution in [0.1, 0.15) is 101 Å². The minimum absolute atomic E-state index is 0.00736. The maximum absolute atomic E-state index is 13.9. The van der Waals surface area contributed by atoms with Gasteiger partial charge in [0.1, 0.15) is 6.61 Å². The summed E-state index contributed by atoms with van der Waals surface area (Å²) in [5, 5.41) is 15.8. The second-order valence-electron chi connectivity index (χ2n) is 16.0. The number of carbonyl (C=O) groups is 2. The molecule has 0 aromatic heterocycles. The zero-order chi connectivity index (χ0) is 37.5. The van der Waals surface area contributed by atoms with Gasteiger partial charge in [-0.15, -0.1) is 0 Å². The highest BCUT2D eigenvalue weighted by molar-refractivity contribution is 5.82. The van der Waals surface area contributed by atoms with Crippen LogP contribution in [0.25, 0.3) is 11.1 Å². The number of piperidine rings is 1. The van der Waals surface area contributed by atoms with Crippen LogP contribution in [0.4, 0.5) is 4.79 Å². The van der Waals surface area contributed by atoms with E-state index in [-0.39, 0.29) is 48.8 Å². The van der Waals surface area contributed by atoms with Gasteiger partial charge in [-0.2, -0.15) is 0 Å². The van der Waals surface area contributed by atoms with Crippen LogP contribution in [0.5, 0.6) is 0 Å². The molecule has 0 unspecified atom stereocenters. The lowest BCUT2D eigenvalue weighted by atomic mass is 9.75. The van der Waals surface area contributed by atoms with E-state index >= 15 is 0 Å². The van der Waals surface area contributed by atoms with Crippen molar-refractivity contribution in [3.63, 3.8) is 0 Å². The van der Waals surface area contributed by atoms with E-state index in [0.717, 1.165) is 52.6 Å². The number of alkyl carbamates (subject to hydrolysis) is 1. The number of fused-ring (bicyclic) bond motifs is 1. The van der Waals surface area contributed by atoms with E-state index in [0.29, 0.717) is 25.0 Å². The number of hydrogen-bond donors (Lipinski definition) is 3. The Labute approximate surface area is 315 Å². The third-order valence-corrected chi connectivity index (χ3v) is 11.0. The summed E-state index contributed by atoms with van der Waals surface area (Å²) in [5.41, 5.74) is 5.43. The van der Waals surface area contributed by atoms with Crippen LogP contribution in [-0.4, -0.2) is 58.9 Å². The minimum Gasteiger partial charge on any atom is -0.445 e. The van der Waals surface area contributed by atoms with Crippen LogP contribution in [-0.2, 0) is 32.2 Å². The Morgan fingerprint density at radius 3 is 2.40 bits per heavy atom. The Bertz CT molecular complexity index is 1700. The zero-order valence-electron chi connectivity index (χ0n) is 31.8. The smallest absolute Gasteiger partial charge is 0.407 e. The van der Waals surface area contributed by atoms with E-state index in [1.165, 1.54) is 25.3 Å². The number of nitrogens with one attached hydrogen (secondary N) is 2. The second-order valence-corrected chi connectivity index (χ2v) is 16.0. The van der Waals surface area contributed by atoms with Gasteiger partial charge < -0.3 is 30.0 Å². The van der Waals surface area contributed by atoms with E-state index in [1.54, 1.807) is 0 Å². The first-order valence-electron chi connectivity index (χ1n) is 19.3. The SMILES string of the molecule is C=CCOC(=O)NCc1cccc(-c2cccc([C@@H]3O[C@H](CN4[C@@H](C(=O)NC(C)(C)C)CC[C@H]5CCCC[C@H]54)[C@H](C)[C@H](c4ccc(CO)cc4)O3)c2)c1. The first-order valence-corrected chi connectivity index (χ1v) is 19.3. The molecule has 9 heteroatoms. The molecule has 2 saturated heterocycles. The maximum atomic E-state index is 13.9. The molecular weight excluding hydrogens is 666 g/mol. The van der Waals surface area contributed by atoms with Gasteiger partial charge in [0.15, 0.2) is 6.29 Å². The molecule has 9 nitrogen and oxygen atoms in total. The van der Waals surface area contributed by atoms with Crippen molar-refractivity contribution in [3.8, 4) is 11.1 Å². The topological polar surface area (TPSA) is 109 Å².